The van der Waals surface area contributed by atoms with Gasteiger partial charge in [0.2, 0.25) is 5.91 Å². The maximum Gasteiger partial charge on any atom is 0.338 e. The van der Waals surface area contributed by atoms with Crippen LogP contribution in [0.15, 0.2) is 54.1 Å². The zero-order valence-electron chi connectivity index (χ0n) is 16.3. The predicted octanol–water partition coefficient (Wildman–Crippen LogP) is 2.41. The third-order valence-corrected chi connectivity index (χ3v) is 4.36. The van der Waals surface area contributed by atoms with Gasteiger partial charge < -0.3 is 19.7 Å². The van der Waals surface area contributed by atoms with Crippen molar-refractivity contribution in [3.63, 3.8) is 0 Å². The lowest BCUT2D eigenvalue weighted by atomic mass is 10.1. The highest BCUT2D eigenvalue weighted by Gasteiger charge is 2.20. The molecule has 0 fully saturated rings. The molecule has 1 heterocycles. The number of carbonyl (C=O) groups is 3. The van der Waals surface area contributed by atoms with Crippen molar-refractivity contribution in [2.45, 2.75) is 6.92 Å². The van der Waals surface area contributed by atoms with Gasteiger partial charge in [0.1, 0.15) is 12.4 Å². The molecule has 150 valence electrons. The minimum Gasteiger partial charge on any atom is -0.488 e. The van der Waals surface area contributed by atoms with Crippen LogP contribution in [0, 0.1) is 6.92 Å². The smallest absolute Gasteiger partial charge is 0.338 e. The zero-order valence-corrected chi connectivity index (χ0v) is 16.3. The Morgan fingerprint density at radius 3 is 2.59 bits per heavy atom. The number of fused-ring (bicyclic) bond motifs is 1. The number of para-hydroxylation sites is 1. The number of nitrogens with one attached hydrogen (secondary N) is 1. The minimum atomic E-state index is -0.620. The van der Waals surface area contributed by atoms with Gasteiger partial charge in [0.05, 0.1) is 12.1 Å². The Hall–Kier alpha value is -3.61. The number of hydrogen-bond donors (Lipinski definition) is 1. The van der Waals surface area contributed by atoms with Gasteiger partial charge >= 0.3 is 5.97 Å². The van der Waals surface area contributed by atoms with Crippen molar-refractivity contribution in [2.75, 3.05) is 32.1 Å². The van der Waals surface area contributed by atoms with Crippen molar-refractivity contribution < 1.29 is 23.9 Å². The van der Waals surface area contributed by atoms with Gasteiger partial charge in [0.15, 0.2) is 6.61 Å². The number of likely N-dealkylation sites (N-methyl/N-ethyl adjacent to an activating group) is 1. The molecule has 0 aliphatic carbocycles. The first-order chi connectivity index (χ1) is 13.9. The minimum absolute atomic E-state index is 0.0822. The topological polar surface area (TPSA) is 84.9 Å². The van der Waals surface area contributed by atoms with Gasteiger partial charge in [-0.2, -0.15) is 0 Å². The average molecular weight is 394 g/mol. The van der Waals surface area contributed by atoms with E-state index in [1.54, 1.807) is 18.2 Å². The molecule has 29 heavy (non-hydrogen) atoms. The van der Waals surface area contributed by atoms with E-state index in [1.807, 2.05) is 43.3 Å². The molecule has 0 bridgehead atoms. The third-order valence-electron chi connectivity index (χ3n) is 4.36. The van der Waals surface area contributed by atoms with Gasteiger partial charge in [0, 0.05) is 18.3 Å². The first-order valence-corrected chi connectivity index (χ1v) is 9.12. The molecular weight excluding hydrogens is 372 g/mol. The van der Waals surface area contributed by atoms with E-state index in [9.17, 15) is 14.4 Å². The Morgan fingerprint density at radius 2 is 1.83 bits per heavy atom. The highest BCUT2D eigenvalue weighted by atomic mass is 16.5. The van der Waals surface area contributed by atoms with Crippen LogP contribution >= 0.6 is 0 Å². The van der Waals surface area contributed by atoms with Crippen LogP contribution in [0.25, 0.3) is 6.08 Å². The van der Waals surface area contributed by atoms with Crippen LogP contribution in [0.1, 0.15) is 11.1 Å². The second-order valence-electron chi connectivity index (χ2n) is 6.74. The lowest BCUT2D eigenvalue weighted by Crippen LogP contribution is -2.37. The van der Waals surface area contributed by atoms with E-state index in [0.29, 0.717) is 17.0 Å². The predicted molar refractivity (Wildman–Crippen MR) is 108 cm³/mol. The quantitative estimate of drug-likeness (QED) is 0.761. The molecule has 0 spiro atoms. The maximum atomic E-state index is 12.2. The van der Waals surface area contributed by atoms with E-state index in [0.717, 1.165) is 11.1 Å². The molecule has 2 amide bonds. The van der Waals surface area contributed by atoms with E-state index in [1.165, 1.54) is 11.9 Å². The van der Waals surface area contributed by atoms with E-state index < -0.39 is 18.5 Å². The molecule has 0 saturated heterocycles. The molecule has 0 unspecified atom stereocenters. The van der Waals surface area contributed by atoms with Gasteiger partial charge in [-0.15, -0.1) is 0 Å². The Bertz CT molecular complexity index is 950. The van der Waals surface area contributed by atoms with Crippen LogP contribution in [-0.4, -0.2) is 49.5 Å². The fraction of sp³-hybridized carbons (Fsp3) is 0.227. The molecule has 1 aliphatic rings. The standard InChI is InChI=1S/C22H22N2O5/c1-15-7-9-18(10-8-15)23-20(25)12-24(2)21(26)14-29-22(27)17-11-16-5-3-4-6-19(16)28-13-17/h3-11H,12-14H2,1-2H3,(H,23,25). The largest absolute Gasteiger partial charge is 0.488 e. The summed E-state index contributed by atoms with van der Waals surface area (Å²) in [5, 5.41) is 2.71. The van der Waals surface area contributed by atoms with Crippen LogP contribution in [0.4, 0.5) is 5.69 Å². The van der Waals surface area contributed by atoms with Gasteiger partial charge in [-0.3, -0.25) is 9.59 Å². The summed E-state index contributed by atoms with van der Waals surface area (Å²) in [6.07, 6.45) is 1.68. The van der Waals surface area contributed by atoms with Gasteiger partial charge in [-0.05, 0) is 31.2 Å². The van der Waals surface area contributed by atoms with E-state index >= 15 is 0 Å². The molecule has 2 aromatic rings. The summed E-state index contributed by atoms with van der Waals surface area (Å²) in [5.41, 5.74) is 2.84. The molecular formula is C22H22N2O5. The first kappa shape index (κ1) is 20.1. The van der Waals surface area contributed by atoms with Gasteiger partial charge in [0.25, 0.3) is 5.91 Å². The summed E-state index contributed by atoms with van der Waals surface area (Å²) in [6, 6.07) is 14.7. The van der Waals surface area contributed by atoms with Crippen molar-refractivity contribution in [3.8, 4) is 5.75 Å². The molecule has 0 saturated carbocycles. The zero-order chi connectivity index (χ0) is 20.8. The Balaban J connectivity index is 1.47. The Labute approximate surface area is 168 Å². The summed E-state index contributed by atoms with van der Waals surface area (Å²) in [5.74, 6) is -0.740. The van der Waals surface area contributed by atoms with Crippen molar-refractivity contribution in [2.24, 2.45) is 0 Å². The van der Waals surface area contributed by atoms with Crippen molar-refractivity contribution in [3.05, 3.63) is 65.2 Å². The summed E-state index contributed by atoms with van der Waals surface area (Å²) in [4.78, 5) is 37.7. The second-order valence-corrected chi connectivity index (χ2v) is 6.74. The number of amides is 2. The van der Waals surface area contributed by atoms with E-state index in [4.69, 9.17) is 9.47 Å². The average Bonchev–Trinajstić information content (AvgIpc) is 2.72. The number of nitrogens with zero attached hydrogens (tertiary/aromatic N) is 1. The number of hydrogen-bond acceptors (Lipinski definition) is 5. The van der Waals surface area contributed by atoms with Crippen molar-refractivity contribution >= 4 is 29.5 Å². The summed E-state index contributed by atoms with van der Waals surface area (Å²) in [7, 11) is 1.48. The first-order valence-electron chi connectivity index (χ1n) is 9.12. The van der Waals surface area contributed by atoms with E-state index in [-0.39, 0.29) is 19.1 Å². The van der Waals surface area contributed by atoms with Crippen LogP contribution < -0.4 is 10.1 Å². The van der Waals surface area contributed by atoms with Crippen LogP contribution in [0.5, 0.6) is 5.75 Å². The monoisotopic (exact) mass is 394 g/mol. The Kier molecular flexibility index (Phi) is 6.29. The number of esters is 1. The van der Waals surface area contributed by atoms with Gasteiger partial charge in [-0.25, -0.2) is 4.79 Å². The molecule has 1 aliphatic heterocycles. The lowest BCUT2D eigenvalue weighted by Gasteiger charge is -2.19. The maximum absolute atomic E-state index is 12.2. The SMILES string of the molecule is Cc1ccc(NC(=O)CN(C)C(=O)COC(=O)C2=Cc3ccccc3OC2)cc1. The van der Waals surface area contributed by atoms with Crippen LogP contribution in [0.2, 0.25) is 0 Å². The van der Waals surface area contributed by atoms with Crippen LogP contribution in [0.3, 0.4) is 0 Å². The number of anilines is 1. The fourth-order valence-electron chi connectivity index (χ4n) is 2.71. The van der Waals surface area contributed by atoms with Crippen molar-refractivity contribution in [1.29, 1.82) is 0 Å². The number of carbonyl (C=O) groups excluding carboxylic acids is 3. The molecule has 7 nitrogen and oxygen atoms in total. The third kappa shape index (κ3) is 5.44. The van der Waals surface area contributed by atoms with E-state index in [2.05, 4.69) is 5.32 Å². The molecule has 1 N–H and O–H groups in total. The molecule has 7 heteroatoms. The number of benzene rings is 2. The molecule has 3 rings (SSSR count). The molecule has 0 aromatic heterocycles. The second kappa shape index (κ2) is 9.05. The molecule has 0 atom stereocenters. The van der Waals surface area contributed by atoms with Crippen LogP contribution in [-0.2, 0) is 19.1 Å². The number of ether oxygens (including phenoxy) is 2. The Morgan fingerprint density at radius 1 is 1.10 bits per heavy atom. The summed E-state index contributed by atoms with van der Waals surface area (Å²) >= 11 is 0. The summed E-state index contributed by atoms with van der Waals surface area (Å²) < 4.78 is 10.6. The number of rotatable bonds is 6. The highest BCUT2D eigenvalue weighted by molar-refractivity contribution is 5.97. The fourth-order valence-corrected chi connectivity index (χ4v) is 2.71. The molecule has 2 aromatic carbocycles. The van der Waals surface area contributed by atoms with Gasteiger partial charge in [-0.1, -0.05) is 35.9 Å². The van der Waals surface area contributed by atoms with Crippen molar-refractivity contribution in [1.82, 2.24) is 4.90 Å². The molecule has 0 radical (unpaired) electrons. The number of aryl methyl sites for hydroxylation is 1. The lowest BCUT2D eigenvalue weighted by molar-refractivity contribution is -0.149. The highest BCUT2D eigenvalue weighted by Crippen LogP contribution is 2.26. The summed E-state index contributed by atoms with van der Waals surface area (Å²) in [6.45, 7) is 1.43. The normalized spacial score (nSPS) is 12.1.